The largest absolute Gasteiger partial charge is 0.322 e. The minimum Gasteiger partial charge on any atom is -0.322 e. The summed E-state index contributed by atoms with van der Waals surface area (Å²) in [5.41, 5.74) is 0.432. The fraction of sp³-hybridized carbons (Fsp3) is 0.588. The Morgan fingerprint density at radius 1 is 0.793 bits per heavy atom. The molecule has 10 nitrogen and oxygen atoms in total. The SMILES string of the molecule is NS(=O)(=O)c1ccc(NC(=O)N2CCN(S(=O)(=O)N3CCCCCC3)CC2)cc1. The standard InChI is InChI=1S/C17H27N5O5S2/c18-28(24,25)16-7-5-15(6-8-16)19-17(23)20-11-13-22(14-12-20)29(26,27)21-9-3-1-2-4-10-21/h5-8H,1-4,9-14H2,(H,19,23)(H2,18,24,25). The van der Waals surface area contributed by atoms with Gasteiger partial charge in [0.1, 0.15) is 0 Å². The van der Waals surface area contributed by atoms with Crippen LogP contribution >= 0.6 is 0 Å². The van der Waals surface area contributed by atoms with Gasteiger partial charge in [0.15, 0.2) is 0 Å². The molecule has 0 saturated carbocycles. The van der Waals surface area contributed by atoms with E-state index in [1.54, 1.807) is 9.21 Å². The van der Waals surface area contributed by atoms with Crippen LogP contribution in [0, 0.1) is 0 Å². The van der Waals surface area contributed by atoms with Crippen molar-refractivity contribution in [1.82, 2.24) is 13.5 Å². The zero-order valence-electron chi connectivity index (χ0n) is 16.2. The van der Waals surface area contributed by atoms with E-state index in [-0.39, 0.29) is 37.1 Å². The Hall–Kier alpha value is -1.73. The van der Waals surface area contributed by atoms with Crippen LogP contribution in [-0.4, -0.2) is 75.6 Å². The van der Waals surface area contributed by atoms with Gasteiger partial charge in [0.05, 0.1) is 4.90 Å². The number of hydrogen-bond acceptors (Lipinski definition) is 5. The number of carbonyl (C=O) groups is 1. The predicted molar refractivity (Wildman–Crippen MR) is 109 cm³/mol. The molecule has 1 aromatic carbocycles. The van der Waals surface area contributed by atoms with Crippen molar-refractivity contribution in [2.45, 2.75) is 30.6 Å². The lowest BCUT2D eigenvalue weighted by Gasteiger charge is -2.36. The van der Waals surface area contributed by atoms with E-state index < -0.39 is 20.2 Å². The van der Waals surface area contributed by atoms with Gasteiger partial charge in [-0.25, -0.2) is 18.4 Å². The molecule has 0 aliphatic carbocycles. The van der Waals surface area contributed by atoms with E-state index in [1.165, 1.54) is 28.6 Å². The zero-order chi connectivity index (χ0) is 21.1. The number of anilines is 1. The fourth-order valence-electron chi connectivity index (χ4n) is 3.49. The van der Waals surface area contributed by atoms with Crippen LogP contribution in [0.2, 0.25) is 0 Å². The van der Waals surface area contributed by atoms with E-state index in [0.29, 0.717) is 18.8 Å². The molecule has 29 heavy (non-hydrogen) atoms. The summed E-state index contributed by atoms with van der Waals surface area (Å²) in [6.45, 7) is 2.17. The van der Waals surface area contributed by atoms with E-state index in [0.717, 1.165) is 25.7 Å². The van der Waals surface area contributed by atoms with Crippen molar-refractivity contribution in [3.05, 3.63) is 24.3 Å². The first kappa shape index (κ1) is 22.0. The van der Waals surface area contributed by atoms with Crippen LogP contribution in [0.1, 0.15) is 25.7 Å². The van der Waals surface area contributed by atoms with Gasteiger partial charge in [-0.2, -0.15) is 17.0 Å². The lowest BCUT2D eigenvalue weighted by atomic mass is 10.2. The number of rotatable bonds is 4. The summed E-state index contributed by atoms with van der Waals surface area (Å²) < 4.78 is 51.3. The van der Waals surface area contributed by atoms with Crippen LogP contribution in [0.5, 0.6) is 0 Å². The van der Waals surface area contributed by atoms with Gasteiger partial charge in [-0.05, 0) is 37.1 Å². The maximum atomic E-state index is 12.8. The number of amides is 2. The summed E-state index contributed by atoms with van der Waals surface area (Å²) in [4.78, 5) is 14.0. The molecule has 2 amide bonds. The molecule has 2 heterocycles. The van der Waals surface area contributed by atoms with Crippen molar-refractivity contribution in [2.24, 2.45) is 5.14 Å². The quantitative estimate of drug-likeness (QED) is 0.700. The zero-order valence-corrected chi connectivity index (χ0v) is 17.8. The maximum absolute atomic E-state index is 12.8. The van der Waals surface area contributed by atoms with Gasteiger partial charge in [0, 0.05) is 45.0 Å². The summed E-state index contributed by atoms with van der Waals surface area (Å²) in [5.74, 6) is 0. The first-order valence-corrected chi connectivity index (χ1v) is 12.6. The number of hydrogen-bond donors (Lipinski definition) is 2. The molecule has 0 spiro atoms. The van der Waals surface area contributed by atoms with E-state index in [9.17, 15) is 21.6 Å². The van der Waals surface area contributed by atoms with E-state index in [1.807, 2.05) is 0 Å². The van der Waals surface area contributed by atoms with Crippen molar-refractivity contribution in [3.63, 3.8) is 0 Å². The lowest BCUT2D eigenvalue weighted by Crippen LogP contribution is -2.55. The highest BCUT2D eigenvalue weighted by molar-refractivity contribution is 7.89. The number of nitrogens with two attached hydrogens (primary N) is 1. The van der Waals surface area contributed by atoms with Gasteiger partial charge in [-0.1, -0.05) is 12.8 Å². The molecule has 1 aromatic rings. The molecule has 2 fully saturated rings. The Balaban J connectivity index is 1.55. The Bertz CT molecular complexity index is 917. The highest BCUT2D eigenvalue weighted by atomic mass is 32.2. The number of benzene rings is 1. The monoisotopic (exact) mass is 445 g/mol. The second-order valence-electron chi connectivity index (χ2n) is 7.21. The van der Waals surface area contributed by atoms with E-state index in [2.05, 4.69) is 5.32 Å². The molecule has 3 N–H and O–H groups in total. The molecule has 0 radical (unpaired) electrons. The van der Waals surface area contributed by atoms with Crippen molar-refractivity contribution in [1.29, 1.82) is 0 Å². The number of carbonyl (C=O) groups excluding carboxylic acids is 1. The summed E-state index contributed by atoms with van der Waals surface area (Å²) >= 11 is 0. The molecule has 12 heteroatoms. The van der Waals surface area contributed by atoms with Gasteiger partial charge in [0.2, 0.25) is 10.0 Å². The van der Waals surface area contributed by atoms with Crippen LogP contribution in [0.25, 0.3) is 0 Å². The highest BCUT2D eigenvalue weighted by Gasteiger charge is 2.33. The molecule has 0 bridgehead atoms. The Kier molecular flexibility index (Phi) is 6.79. The van der Waals surface area contributed by atoms with Crippen molar-refractivity contribution in [3.8, 4) is 0 Å². The number of urea groups is 1. The third-order valence-corrected chi connectivity index (χ3v) is 8.14. The van der Waals surface area contributed by atoms with Crippen LogP contribution < -0.4 is 10.5 Å². The topological polar surface area (TPSA) is 133 Å². The van der Waals surface area contributed by atoms with Crippen LogP contribution in [0.15, 0.2) is 29.2 Å². The van der Waals surface area contributed by atoms with E-state index in [4.69, 9.17) is 5.14 Å². The Labute approximate surface area is 171 Å². The first-order chi connectivity index (χ1) is 13.7. The van der Waals surface area contributed by atoms with Crippen molar-refractivity contribution >= 4 is 32.0 Å². The summed E-state index contributed by atoms with van der Waals surface area (Å²) in [6, 6.07) is 5.18. The normalized spacial score (nSPS) is 20.2. The van der Waals surface area contributed by atoms with Crippen LogP contribution in [0.3, 0.4) is 0 Å². The van der Waals surface area contributed by atoms with E-state index >= 15 is 0 Å². The van der Waals surface area contributed by atoms with Crippen molar-refractivity contribution in [2.75, 3.05) is 44.6 Å². The number of primary sulfonamides is 1. The van der Waals surface area contributed by atoms with Crippen LogP contribution in [0.4, 0.5) is 10.5 Å². The predicted octanol–water partition coefficient (Wildman–Crippen LogP) is 0.604. The Morgan fingerprint density at radius 2 is 1.31 bits per heavy atom. The average molecular weight is 446 g/mol. The lowest BCUT2D eigenvalue weighted by molar-refractivity contribution is 0.180. The second-order valence-corrected chi connectivity index (χ2v) is 10.7. The van der Waals surface area contributed by atoms with Gasteiger partial charge in [-0.3, -0.25) is 0 Å². The molecule has 0 atom stereocenters. The Morgan fingerprint density at radius 3 is 1.83 bits per heavy atom. The number of piperazine rings is 1. The number of sulfonamides is 1. The van der Waals surface area contributed by atoms with Gasteiger partial charge < -0.3 is 10.2 Å². The molecule has 2 saturated heterocycles. The fourth-order valence-corrected chi connectivity index (χ4v) is 5.67. The molecular formula is C17H27N5O5S2. The molecule has 2 aliphatic rings. The molecule has 2 aliphatic heterocycles. The van der Waals surface area contributed by atoms with Gasteiger partial charge in [-0.15, -0.1) is 0 Å². The molecular weight excluding hydrogens is 418 g/mol. The van der Waals surface area contributed by atoms with Gasteiger partial charge >= 0.3 is 6.03 Å². The highest BCUT2D eigenvalue weighted by Crippen LogP contribution is 2.19. The summed E-state index contributed by atoms with van der Waals surface area (Å²) in [7, 11) is -7.29. The third kappa shape index (κ3) is 5.45. The molecule has 162 valence electrons. The molecule has 0 aromatic heterocycles. The van der Waals surface area contributed by atoms with Crippen molar-refractivity contribution < 1.29 is 21.6 Å². The minimum absolute atomic E-state index is 0.0390. The minimum atomic E-state index is -3.79. The van der Waals surface area contributed by atoms with Crippen LogP contribution in [-0.2, 0) is 20.2 Å². The number of nitrogens with zero attached hydrogens (tertiary/aromatic N) is 3. The second kappa shape index (κ2) is 8.96. The third-order valence-electron chi connectivity index (χ3n) is 5.18. The maximum Gasteiger partial charge on any atom is 0.321 e. The summed E-state index contributed by atoms with van der Waals surface area (Å²) in [5, 5.41) is 7.74. The number of nitrogens with one attached hydrogen (secondary N) is 1. The average Bonchev–Trinajstić information content (AvgIpc) is 2.98. The summed E-state index contributed by atoms with van der Waals surface area (Å²) in [6.07, 6.45) is 3.87. The molecule has 0 unspecified atom stereocenters. The smallest absolute Gasteiger partial charge is 0.321 e. The molecule has 3 rings (SSSR count). The first-order valence-electron chi connectivity index (χ1n) is 9.62. The van der Waals surface area contributed by atoms with Gasteiger partial charge in [0.25, 0.3) is 10.2 Å².